The number of carbonyl (C=O) groups excluding carboxylic acids is 3. The van der Waals surface area contributed by atoms with Crippen molar-refractivity contribution in [3.05, 3.63) is 46.5 Å². The molecule has 1 aromatic carbocycles. The normalized spacial score (nSPS) is 34.9. The molecule has 2 saturated heterocycles. The molecule has 1 aromatic rings. The molecular weight excluding hydrogens is 580 g/mol. The van der Waals surface area contributed by atoms with Gasteiger partial charge in [-0.05, 0) is 38.0 Å². The van der Waals surface area contributed by atoms with Crippen LogP contribution in [0.25, 0.3) is 0 Å². The minimum absolute atomic E-state index is 0.00243. The highest BCUT2D eigenvalue weighted by molar-refractivity contribution is 6.35. The number of carbonyl (C=O) groups is 3. The molecule has 12 heteroatoms. The Hall–Kier alpha value is -3.12. The molecule has 0 saturated carbocycles. The van der Waals surface area contributed by atoms with Crippen molar-refractivity contribution >= 4 is 35.3 Å². The van der Waals surface area contributed by atoms with E-state index in [1.807, 2.05) is 19.9 Å². The molecule has 0 radical (unpaired) electrons. The first kappa shape index (κ1) is 32.8. The molecule has 2 fully saturated rings. The minimum atomic E-state index is -1.77. The average molecular weight is 621 g/mol. The van der Waals surface area contributed by atoms with Crippen molar-refractivity contribution in [3.8, 4) is 5.75 Å². The molecule has 4 bridgehead atoms. The summed E-state index contributed by atoms with van der Waals surface area (Å²) >= 11 is 6.57. The van der Waals surface area contributed by atoms with E-state index >= 15 is 0 Å². The lowest BCUT2D eigenvalue weighted by Crippen LogP contribution is -2.63. The van der Waals surface area contributed by atoms with Gasteiger partial charge in [-0.3, -0.25) is 14.9 Å². The molecule has 236 valence electrons. The smallest absolute Gasteiger partial charge is 0.409 e. The number of aliphatic hydroxyl groups is 1. The second-order valence-electron chi connectivity index (χ2n) is 12.0. The van der Waals surface area contributed by atoms with Crippen LogP contribution in [-0.2, 0) is 35.0 Å². The Bertz CT molecular complexity index is 1310. The van der Waals surface area contributed by atoms with Gasteiger partial charge in [-0.1, -0.05) is 56.2 Å². The van der Waals surface area contributed by atoms with Crippen LogP contribution >= 0.6 is 11.6 Å². The maximum Gasteiger partial charge on any atom is 0.409 e. The molecule has 3 aliphatic rings. The van der Waals surface area contributed by atoms with E-state index in [1.165, 1.54) is 14.2 Å². The van der Waals surface area contributed by atoms with Crippen LogP contribution in [0.15, 0.2) is 35.9 Å². The largest absolute Gasteiger partial charge is 0.495 e. The summed E-state index contributed by atoms with van der Waals surface area (Å²) in [4.78, 5) is 38.8. The van der Waals surface area contributed by atoms with Crippen molar-refractivity contribution in [1.29, 1.82) is 0 Å². The van der Waals surface area contributed by atoms with Crippen LogP contribution in [-0.4, -0.2) is 73.0 Å². The van der Waals surface area contributed by atoms with E-state index in [-0.39, 0.29) is 17.9 Å². The lowest BCUT2D eigenvalue weighted by molar-refractivity contribution is -0.157. The second-order valence-corrected chi connectivity index (χ2v) is 12.4. The van der Waals surface area contributed by atoms with Crippen LogP contribution in [0.3, 0.4) is 0 Å². The van der Waals surface area contributed by atoms with Gasteiger partial charge < -0.3 is 34.1 Å². The van der Waals surface area contributed by atoms with Gasteiger partial charge in [0.25, 0.3) is 0 Å². The number of rotatable bonds is 4. The lowest BCUT2D eigenvalue weighted by Gasteiger charge is -2.42. The number of fused-ring (bicyclic) bond motifs is 5. The fourth-order valence-electron chi connectivity index (χ4n) is 5.68. The number of benzene rings is 1. The number of epoxide rings is 1. The summed E-state index contributed by atoms with van der Waals surface area (Å²) in [5.74, 6) is -1.41. The Morgan fingerprint density at radius 2 is 1.95 bits per heavy atom. The summed E-state index contributed by atoms with van der Waals surface area (Å²) in [6.45, 7) is 8.91. The zero-order valence-electron chi connectivity index (χ0n) is 25.6. The van der Waals surface area contributed by atoms with E-state index in [0.29, 0.717) is 17.9 Å². The summed E-state index contributed by atoms with van der Waals surface area (Å²) in [5.41, 5.74) is -0.698. The first-order chi connectivity index (χ1) is 20.2. The van der Waals surface area contributed by atoms with Crippen molar-refractivity contribution < 1.29 is 43.2 Å². The highest BCUT2D eigenvalue weighted by Crippen LogP contribution is 2.49. The third-order valence-electron chi connectivity index (χ3n) is 8.25. The molecule has 7 atom stereocenters. The fraction of sp³-hybridized carbons (Fsp3) is 0.581. The molecule has 43 heavy (non-hydrogen) atoms. The van der Waals surface area contributed by atoms with Crippen LogP contribution in [0.4, 0.5) is 10.5 Å². The van der Waals surface area contributed by atoms with Gasteiger partial charge in [0.15, 0.2) is 5.72 Å². The number of nitrogens with one attached hydrogen (secondary N) is 2. The molecule has 0 aliphatic carbocycles. The summed E-state index contributed by atoms with van der Waals surface area (Å²) in [6, 6.07) is 3.56. The Morgan fingerprint density at radius 3 is 2.60 bits per heavy atom. The summed E-state index contributed by atoms with van der Waals surface area (Å²) in [6.07, 6.45) is 1.59. The van der Waals surface area contributed by atoms with E-state index in [4.69, 9.17) is 35.3 Å². The standard InChI is InChI=1S/C31H41ClN2O9/c1-16(2)28(36)42-24-14-25(35)33-20-12-19(13-21(39-6)26(20)32)11-17(3)9-8-10-23(40-7)31(38)15-22(41-29(37)34-31)18(4)27-30(24,5)43-27/h8-10,12-13,16,18,22-24,27,38H,11,14-15H2,1-7H3,(H,33,35)(H,34,37)/b10-8-,17-9+/t18-,22?,23+,24+,27?,30-,31+/m0/s1. The van der Waals surface area contributed by atoms with Gasteiger partial charge in [0.2, 0.25) is 5.91 Å². The molecule has 3 aliphatic heterocycles. The highest BCUT2D eigenvalue weighted by atomic mass is 35.5. The predicted molar refractivity (Wildman–Crippen MR) is 159 cm³/mol. The highest BCUT2D eigenvalue weighted by Gasteiger charge is 2.64. The Balaban J connectivity index is 1.76. The van der Waals surface area contributed by atoms with Crippen molar-refractivity contribution in [3.63, 3.8) is 0 Å². The van der Waals surface area contributed by atoms with E-state index < -0.39 is 65.5 Å². The van der Waals surface area contributed by atoms with E-state index in [9.17, 15) is 19.5 Å². The van der Waals surface area contributed by atoms with Gasteiger partial charge in [-0.2, -0.15) is 0 Å². The average Bonchev–Trinajstić information content (AvgIpc) is 3.63. The molecule has 11 nitrogen and oxygen atoms in total. The zero-order valence-corrected chi connectivity index (χ0v) is 26.3. The topological polar surface area (TPSA) is 145 Å². The summed E-state index contributed by atoms with van der Waals surface area (Å²) < 4.78 is 28.6. The predicted octanol–water partition coefficient (Wildman–Crippen LogP) is 4.30. The number of alkyl carbamates (subject to hydrolysis) is 1. The third kappa shape index (κ3) is 7.17. The molecular formula is C31H41ClN2O9. The number of halogens is 1. The lowest BCUT2D eigenvalue weighted by atomic mass is 9.83. The van der Waals surface area contributed by atoms with Crippen molar-refractivity contribution in [2.75, 3.05) is 19.5 Å². The third-order valence-corrected chi connectivity index (χ3v) is 8.64. The Kier molecular flexibility index (Phi) is 9.80. The van der Waals surface area contributed by atoms with Crippen molar-refractivity contribution in [2.45, 2.75) is 89.6 Å². The van der Waals surface area contributed by atoms with E-state index in [0.717, 1.165) is 11.1 Å². The molecule has 0 spiro atoms. The van der Waals surface area contributed by atoms with Gasteiger partial charge >= 0.3 is 12.1 Å². The zero-order chi connectivity index (χ0) is 31.7. The van der Waals surface area contributed by atoms with Crippen LogP contribution in [0.2, 0.25) is 5.02 Å². The van der Waals surface area contributed by atoms with Crippen molar-refractivity contribution in [1.82, 2.24) is 5.32 Å². The number of allylic oxidation sites excluding steroid dienone is 3. The molecule has 3 N–H and O–H groups in total. The molecule has 4 rings (SSSR count). The van der Waals surface area contributed by atoms with Crippen LogP contribution in [0.1, 0.15) is 53.0 Å². The Labute approximate surface area is 256 Å². The van der Waals surface area contributed by atoms with Crippen LogP contribution in [0.5, 0.6) is 5.75 Å². The SMILES string of the molecule is COc1cc2cc(c1Cl)NC(=O)C[C@@H](OC(=O)C(C)C)[C@]1(C)OC1[C@@H](C)C1C[C@](O)(NC(=O)O1)[C@H](OC)/C=C\C=C(/C)C2. The van der Waals surface area contributed by atoms with Gasteiger partial charge in [0.1, 0.15) is 34.7 Å². The summed E-state index contributed by atoms with van der Waals surface area (Å²) in [5, 5.41) is 17.2. The monoisotopic (exact) mass is 620 g/mol. The van der Waals surface area contributed by atoms with Crippen molar-refractivity contribution in [2.24, 2.45) is 11.8 Å². The van der Waals surface area contributed by atoms with E-state index in [1.54, 1.807) is 45.1 Å². The number of amides is 2. The minimum Gasteiger partial charge on any atom is -0.495 e. The first-order valence-electron chi connectivity index (χ1n) is 14.3. The maximum absolute atomic E-state index is 13.4. The fourth-order valence-corrected chi connectivity index (χ4v) is 5.92. The quantitative estimate of drug-likeness (QED) is 0.331. The molecule has 3 heterocycles. The van der Waals surface area contributed by atoms with E-state index in [2.05, 4.69) is 10.6 Å². The van der Waals surface area contributed by atoms with Gasteiger partial charge in [-0.15, -0.1) is 0 Å². The molecule has 0 aromatic heterocycles. The molecule has 2 unspecified atom stereocenters. The number of hydrogen-bond acceptors (Lipinski definition) is 9. The number of ether oxygens (including phenoxy) is 5. The first-order valence-corrected chi connectivity index (χ1v) is 14.7. The number of methoxy groups -OCH3 is 2. The van der Waals surface area contributed by atoms with Gasteiger partial charge in [0.05, 0.1) is 31.2 Å². The summed E-state index contributed by atoms with van der Waals surface area (Å²) in [7, 11) is 2.94. The second kappa shape index (κ2) is 12.9. The van der Waals surface area contributed by atoms with Crippen LogP contribution in [0, 0.1) is 11.8 Å². The van der Waals surface area contributed by atoms with Crippen LogP contribution < -0.4 is 15.4 Å². The van der Waals surface area contributed by atoms with Gasteiger partial charge in [-0.25, -0.2) is 4.79 Å². The van der Waals surface area contributed by atoms with Gasteiger partial charge in [0, 0.05) is 19.4 Å². The number of anilines is 1. The maximum atomic E-state index is 13.4. The Morgan fingerprint density at radius 1 is 1.23 bits per heavy atom. The number of hydrogen-bond donors (Lipinski definition) is 3. The molecule has 2 amide bonds. The number of esters is 1.